The summed E-state index contributed by atoms with van der Waals surface area (Å²) in [5.74, 6) is -0.274. The maximum Gasteiger partial charge on any atom is 0.318 e. The zero-order valence-electron chi connectivity index (χ0n) is 13.3. The number of morpholine rings is 1. The molecule has 1 fully saturated rings. The van der Waals surface area contributed by atoms with Crippen molar-refractivity contribution in [1.29, 1.82) is 0 Å². The van der Waals surface area contributed by atoms with Crippen molar-refractivity contribution in [2.45, 2.75) is 45.2 Å². The van der Waals surface area contributed by atoms with Crippen molar-refractivity contribution < 1.29 is 13.9 Å². The fourth-order valence-corrected chi connectivity index (χ4v) is 2.76. The van der Waals surface area contributed by atoms with Crippen molar-refractivity contribution in [2.75, 3.05) is 19.8 Å². The van der Waals surface area contributed by atoms with E-state index in [1.807, 2.05) is 11.8 Å². The Kier molecular flexibility index (Phi) is 6.19. The first-order valence-corrected chi connectivity index (χ1v) is 8.03. The molecule has 0 spiro atoms. The minimum atomic E-state index is -0.274. The second-order valence-corrected chi connectivity index (χ2v) is 5.80. The van der Waals surface area contributed by atoms with Crippen LogP contribution < -0.4 is 5.32 Å². The van der Waals surface area contributed by atoms with Gasteiger partial charge in [0.1, 0.15) is 5.82 Å². The summed E-state index contributed by atoms with van der Waals surface area (Å²) in [7, 11) is 0. The van der Waals surface area contributed by atoms with E-state index in [2.05, 4.69) is 12.2 Å². The fraction of sp³-hybridized carbons (Fsp3) is 0.588. The number of rotatable bonds is 5. The van der Waals surface area contributed by atoms with Crippen LogP contribution in [0.2, 0.25) is 0 Å². The summed E-state index contributed by atoms with van der Waals surface area (Å²) < 4.78 is 18.7. The van der Waals surface area contributed by atoms with E-state index in [9.17, 15) is 9.18 Å². The quantitative estimate of drug-likeness (QED) is 0.846. The molecule has 0 aliphatic carbocycles. The first-order chi connectivity index (χ1) is 10.6. The normalized spacial score (nSPS) is 21.7. The van der Waals surface area contributed by atoms with Crippen molar-refractivity contribution in [3.8, 4) is 0 Å². The third-order valence-corrected chi connectivity index (χ3v) is 3.99. The van der Waals surface area contributed by atoms with Gasteiger partial charge in [0.2, 0.25) is 0 Å². The number of nitrogens with zero attached hydrogens (tertiary/aromatic N) is 1. The Bertz CT molecular complexity index is 478. The molecule has 4 nitrogen and oxygen atoms in total. The van der Waals surface area contributed by atoms with Crippen LogP contribution >= 0.6 is 0 Å². The van der Waals surface area contributed by atoms with Crippen molar-refractivity contribution in [3.05, 3.63) is 35.6 Å². The van der Waals surface area contributed by atoms with Gasteiger partial charge in [0.15, 0.2) is 0 Å². The number of carbonyl (C=O) groups excluding carboxylic acids is 1. The zero-order chi connectivity index (χ0) is 15.9. The van der Waals surface area contributed by atoms with Gasteiger partial charge in [-0.25, -0.2) is 9.18 Å². The van der Waals surface area contributed by atoms with Gasteiger partial charge in [-0.3, -0.25) is 0 Å². The van der Waals surface area contributed by atoms with Gasteiger partial charge < -0.3 is 15.0 Å². The highest BCUT2D eigenvalue weighted by Gasteiger charge is 2.33. The Labute approximate surface area is 131 Å². The molecular weight excluding hydrogens is 283 g/mol. The van der Waals surface area contributed by atoms with E-state index in [0.717, 1.165) is 24.8 Å². The monoisotopic (exact) mass is 308 g/mol. The highest BCUT2D eigenvalue weighted by molar-refractivity contribution is 5.75. The molecule has 1 aromatic rings. The van der Waals surface area contributed by atoms with Crippen molar-refractivity contribution in [2.24, 2.45) is 0 Å². The van der Waals surface area contributed by atoms with Crippen LogP contribution in [0.15, 0.2) is 24.3 Å². The van der Waals surface area contributed by atoms with Gasteiger partial charge in [-0.1, -0.05) is 31.9 Å². The average Bonchev–Trinajstić information content (AvgIpc) is 2.52. The van der Waals surface area contributed by atoms with Crippen LogP contribution in [-0.2, 0) is 4.74 Å². The SMILES string of the molecule is CCCCCNC(=O)N1[C@@H](C)COC[C@H]1c1ccc(F)cc1. The van der Waals surface area contributed by atoms with Crippen LogP contribution in [-0.4, -0.2) is 36.7 Å². The molecule has 1 aromatic carbocycles. The van der Waals surface area contributed by atoms with E-state index in [4.69, 9.17) is 4.74 Å². The molecule has 22 heavy (non-hydrogen) atoms. The molecule has 5 heteroatoms. The summed E-state index contributed by atoms with van der Waals surface area (Å²) >= 11 is 0. The van der Waals surface area contributed by atoms with Gasteiger partial charge >= 0.3 is 6.03 Å². The van der Waals surface area contributed by atoms with Gasteiger partial charge in [-0.2, -0.15) is 0 Å². The minimum absolute atomic E-state index is 0.00465. The van der Waals surface area contributed by atoms with Crippen LogP contribution in [0.1, 0.15) is 44.7 Å². The maximum absolute atomic E-state index is 13.1. The minimum Gasteiger partial charge on any atom is -0.377 e. The Hall–Kier alpha value is -1.62. The van der Waals surface area contributed by atoms with Crippen molar-refractivity contribution >= 4 is 6.03 Å². The molecule has 2 amide bonds. The lowest BCUT2D eigenvalue weighted by atomic mass is 10.0. The van der Waals surface area contributed by atoms with E-state index >= 15 is 0 Å². The molecule has 1 heterocycles. The molecule has 0 unspecified atom stereocenters. The van der Waals surface area contributed by atoms with Crippen LogP contribution in [0.3, 0.4) is 0 Å². The smallest absolute Gasteiger partial charge is 0.318 e. The van der Waals surface area contributed by atoms with Crippen LogP contribution in [0, 0.1) is 5.82 Å². The summed E-state index contributed by atoms with van der Waals surface area (Å²) in [6.45, 7) is 5.77. The summed E-state index contributed by atoms with van der Waals surface area (Å²) in [4.78, 5) is 14.3. The third kappa shape index (κ3) is 4.19. The largest absolute Gasteiger partial charge is 0.377 e. The Morgan fingerprint density at radius 2 is 2.05 bits per heavy atom. The van der Waals surface area contributed by atoms with Gasteiger partial charge in [0.25, 0.3) is 0 Å². The lowest BCUT2D eigenvalue weighted by molar-refractivity contribution is -0.0214. The third-order valence-electron chi connectivity index (χ3n) is 3.99. The molecule has 1 N–H and O–H groups in total. The molecule has 0 radical (unpaired) electrons. The molecule has 0 saturated carbocycles. The van der Waals surface area contributed by atoms with Gasteiger partial charge in [-0.05, 0) is 31.0 Å². The molecule has 0 aromatic heterocycles. The second-order valence-electron chi connectivity index (χ2n) is 5.80. The Balaban J connectivity index is 2.06. The molecule has 122 valence electrons. The highest BCUT2D eigenvalue weighted by Crippen LogP contribution is 2.27. The molecule has 1 aliphatic heterocycles. The molecule has 2 rings (SSSR count). The van der Waals surface area contributed by atoms with Gasteiger partial charge in [0, 0.05) is 6.54 Å². The predicted molar refractivity (Wildman–Crippen MR) is 84.2 cm³/mol. The standard InChI is InChI=1S/C17H25FN2O2/c1-3-4-5-10-19-17(21)20-13(2)11-22-12-16(20)14-6-8-15(18)9-7-14/h6-9,13,16H,3-5,10-12H2,1-2H3,(H,19,21)/t13-,16-/m0/s1. The molecule has 0 bridgehead atoms. The predicted octanol–water partition coefficient (Wildman–Crippen LogP) is 3.49. The number of carbonyl (C=O) groups is 1. The molecule has 2 atom stereocenters. The van der Waals surface area contributed by atoms with E-state index in [0.29, 0.717) is 19.8 Å². The number of amides is 2. The second kappa shape index (κ2) is 8.13. The van der Waals surface area contributed by atoms with Gasteiger partial charge in [-0.15, -0.1) is 0 Å². The first-order valence-electron chi connectivity index (χ1n) is 8.03. The van der Waals surface area contributed by atoms with E-state index in [1.54, 1.807) is 12.1 Å². The summed E-state index contributed by atoms with van der Waals surface area (Å²) in [5, 5.41) is 2.99. The summed E-state index contributed by atoms with van der Waals surface area (Å²) in [6.07, 6.45) is 3.23. The Morgan fingerprint density at radius 3 is 2.73 bits per heavy atom. The number of halogens is 1. The number of benzene rings is 1. The molecule has 1 aliphatic rings. The van der Waals surface area contributed by atoms with E-state index in [-0.39, 0.29) is 23.9 Å². The summed E-state index contributed by atoms with van der Waals surface area (Å²) in [5.41, 5.74) is 0.900. The van der Waals surface area contributed by atoms with E-state index in [1.165, 1.54) is 12.1 Å². The maximum atomic E-state index is 13.1. The number of nitrogens with one attached hydrogen (secondary N) is 1. The topological polar surface area (TPSA) is 41.6 Å². The lowest BCUT2D eigenvalue weighted by Crippen LogP contribution is -2.53. The molecular formula is C17H25FN2O2. The van der Waals surface area contributed by atoms with Crippen LogP contribution in [0.4, 0.5) is 9.18 Å². The van der Waals surface area contributed by atoms with Crippen LogP contribution in [0.5, 0.6) is 0 Å². The van der Waals surface area contributed by atoms with Crippen molar-refractivity contribution in [3.63, 3.8) is 0 Å². The molecule has 1 saturated heterocycles. The number of hydrogen-bond donors (Lipinski definition) is 1. The Morgan fingerprint density at radius 1 is 1.32 bits per heavy atom. The highest BCUT2D eigenvalue weighted by atomic mass is 19.1. The average molecular weight is 308 g/mol. The lowest BCUT2D eigenvalue weighted by Gasteiger charge is -2.40. The van der Waals surface area contributed by atoms with Crippen molar-refractivity contribution in [1.82, 2.24) is 10.2 Å². The number of urea groups is 1. The fourth-order valence-electron chi connectivity index (χ4n) is 2.76. The number of unbranched alkanes of at least 4 members (excludes halogenated alkanes) is 2. The summed E-state index contributed by atoms with van der Waals surface area (Å²) in [6, 6.07) is 6.04. The number of ether oxygens (including phenoxy) is 1. The van der Waals surface area contributed by atoms with Crippen LogP contribution in [0.25, 0.3) is 0 Å². The van der Waals surface area contributed by atoms with Gasteiger partial charge in [0.05, 0.1) is 25.3 Å². The first kappa shape index (κ1) is 16.7. The van der Waals surface area contributed by atoms with E-state index < -0.39 is 0 Å². The zero-order valence-corrected chi connectivity index (χ0v) is 13.3. The number of hydrogen-bond acceptors (Lipinski definition) is 2.